The lowest BCUT2D eigenvalue weighted by Gasteiger charge is -2.38. The highest BCUT2D eigenvalue weighted by molar-refractivity contribution is 5.97. The molecule has 0 bridgehead atoms. The first-order chi connectivity index (χ1) is 15.6. The summed E-state index contributed by atoms with van der Waals surface area (Å²) >= 11 is 0. The van der Waals surface area contributed by atoms with E-state index < -0.39 is 0 Å². The van der Waals surface area contributed by atoms with Crippen LogP contribution in [0.2, 0.25) is 0 Å². The smallest absolute Gasteiger partial charge is 0.241 e. The lowest BCUT2D eigenvalue weighted by Crippen LogP contribution is -2.45. The molecule has 0 aliphatic carbocycles. The van der Waals surface area contributed by atoms with Crippen LogP contribution in [0.1, 0.15) is 17.2 Å². The average Bonchev–Trinajstić information content (AvgIpc) is 2.83. The van der Waals surface area contributed by atoms with Gasteiger partial charge in [0.25, 0.3) is 0 Å². The minimum absolute atomic E-state index is 0.0255. The number of ether oxygens (including phenoxy) is 3. The van der Waals surface area contributed by atoms with E-state index in [9.17, 15) is 4.79 Å². The Labute approximate surface area is 188 Å². The molecule has 0 fully saturated rings. The fourth-order valence-electron chi connectivity index (χ4n) is 4.07. The number of para-hydroxylation sites is 2. The van der Waals surface area contributed by atoms with Crippen LogP contribution in [0.5, 0.6) is 17.2 Å². The molecular formula is C26H28N2O4. The molecule has 6 heteroatoms. The number of anilines is 1. The molecule has 3 aromatic rings. The number of methoxy groups -OCH3 is 2. The van der Waals surface area contributed by atoms with E-state index in [2.05, 4.69) is 0 Å². The van der Waals surface area contributed by atoms with E-state index in [0.717, 1.165) is 22.6 Å². The summed E-state index contributed by atoms with van der Waals surface area (Å²) in [5.74, 6) is 2.12. The molecule has 0 saturated heterocycles. The van der Waals surface area contributed by atoms with Crippen molar-refractivity contribution in [1.82, 2.24) is 4.90 Å². The largest absolute Gasteiger partial charge is 0.493 e. The van der Waals surface area contributed by atoms with Crippen molar-refractivity contribution in [2.75, 3.05) is 39.3 Å². The summed E-state index contributed by atoms with van der Waals surface area (Å²) in [6, 6.07) is 23.4. The molecule has 1 aliphatic rings. The molecule has 3 aromatic carbocycles. The number of fused-ring (bicyclic) bond motifs is 1. The third kappa shape index (κ3) is 4.55. The van der Waals surface area contributed by atoms with Crippen LogP contribution in [0.3, 0.4) is 0 Å². The number of rotatable bonds is 7. The highest BCUT2D eigenvalue weighted by atomic mass is 16.5. The Morgan fingerprint density at radius 2 is 1.72 bits per heavy atom. The maximum atomic E-state index is 13.6. The van der Waals surface area contributed by atoms with Gasteiger partial charge in [0, 0.05) is 6.54 Å². The topological polar surface area (TPSA) is 51.2 Å². The van der Waals surface area contributed by atoms with E-state index in [1.165, 1.54) is 0 Å². The summed E-state index contributed by atoms with van der Waals surface area (Å²) in [7, 11) is 5.18. The number of benzene rings is 3. The van der Waals surface area contributed by atoms with Crippen molar-refractivity contribution in [3.8, 4) is 17.2 Å². The van der Waals surface area contributed by atoms with Crippen LogP contribution in [-0.4, -0.2) is 45.2 Å². The van der Waals surface area contributed by atoms with Crippen molar-refractivity contribution in [2.45, 2.75) is 12.6 Å². The summed E-state index contributed by atoms with van der Waals surface area (Å²) in [4.78, 5) is 17.4. The van der Waals surface area contributed by atoms with E-state index >= 15 is 0 Å². The highest BCUT2D eigenvalue weighted by Gasteiger charge is 2.33. The first-order valence-corrected chi connectivity index (χ1v) is 10.6. The first kappa shape index (κ1) is 21.7. The van der Waals surface area contributed by atoms with E-state index in [1.807, 2.05) is 89.6 Å². The Balaban J connectivity index is 1.54. The molecule has 1 amide bonds. The Morgan fingerprint density at radius 1 is 1.00 bits per heavy atom. The summed E-state index contributed by atoms with van der Waals surface area (Å²) in [5, 5.41) is 0. The number of hydrogen-bond acceptors (Lipinski definition) is 5. The van der Waals surface area contributed by atoms with Crippen molar-refractivity contribution in [2.24, 2.45) is 0 Å². The van der Waals surface area contributed by atoms with E-state index in [0.29, 0.717) is 24.7 Å². The van der Waals surface area contributed by atoms with Crippen molar-refractivity contribution in [3.05, 3.63) is 83.9 Å². The molecule has 32 heavy (non-hydrogen) atoms. The van der Waals surface area contributed by atoms with Gasteiger partial charge in [-0.25, -0.2) is 0 Å². The highest BCUT2D eigenvalue weighted by Crippen LogP contribution is 2.39. The zero-order valence-electron chi connectivity index (χ0n) is 18.7. The van der Waals surface area contributed by atoms with Crippen molar-refractivity contribution >= 4 is 11.6 Å². The Morgan fingerprint density at radius 3 is 2.47 bits per heavy atom. The molecule has 0 spiro atoms. The maximum Gasteiger partial charge on any atom is 0.241 e. The van der Waals surface area contributed by atoms with Crippen LogP contribution in [-0.2, 0) is 11.3 Å². The molecule has 1 atom stereocenters. The van der Waals surface area contributed by atoms with Gasteiger partial charge in [-0.1, -0.05) is 48.5 Å². The van der Waals surface area contributed by atoms with E-state index in [4.69, 9.17) is 14.2 Å². The molecule has 166 valence electrons. The predicted octanol–water partition coefficient (Wildman–Crippen LogP) is 4.30. The van der Waals surface area contributed by atoms with Gasteiger partial charge in [-0.05, 0) is 42.4 Å². The molecule has 0 saturated carbocycles. The predicted molar refractivity (Wildman–Crippen MR) is 124 cm³/mol. The van der Waals surface area contributed by atoms with Gasteiger partial charge >= 0.3 is 0 Å². The molecule has 0 aromatic heterocycles. The quantitative estimate of drug-likeness (QED) is 0.557. The number of amides is 1. The van der Waals surface area contributed by atoms with Gasteiger partial charge in [-0.15, -0.1) is 0 Å². The molecular weight excluding hydrogens is 404 g/mol. The summed E-state index contributed by atoms with van der Waals surface area (Å²) in [6.07, 6.45) is 0. The van der Waals surface area contributed by atoms with Gasteiger partial charge in [0.15, 0.2) is 11.5 Å². The molecule has 4 rings (SSSR count). The number of hydrogen-bond donors (Lipinski definition) is 0. The second-order valence-electron chi connectivity index (χ2n) is 7.83. The zero-order valence-corrected chi connectivity index (χ0v) is 18.7. The molecule has 0 radical (unpaired) electrons. The molecule has 1 unspecified atom stereocenters. The fraction of sp³-hybridized carbons (Fsp3) is 0.269. The summed E-state index contributed by atoms with van der Waals surface area (Å²) < 4.78 is 16.7. The minimum Gasteiger partial charge on any atom is -0.493 e. The Hall–Kier alpha value is -3.51. The molecule has 1 aliphatic heterocycles. The lowest BCUT2D eigenvalue weighted by atomic mass is 10.0. The van der Waals surface area contributed by atoms with Gasteiger partial charge in [0.1, 0.15) is 12.4 Å². The standard InChI is InChI=1S/C26H28N2O4/c1-27(16-19-13-14-24(30-2)25(15-19)31-3)17-26(29)28-21-11-7-8-12-23(21)32-18-22(28)20-9-5-4-6-10-20/h4-15,22H,16-18H2,1-3H3. The third-order valence-electron chi connectivity index (χ3n) is 5.59. The third-order valence-corrected chi connectivity index (χ3v) is 5.59. The van der Waals surface area contributed by atoms with Gasteiger partial charge in [0.05, 0.1) is 32.5 Å². The number of nitrogens with zero attached hydrogens (tertiary/aromatic N) is 2. The van der Waals surface area contributed by atoms with Crippen LogP contribution >= 0.6 is 0 Å². The van der Waals surface area contributed by atoms with Crippen molar-refractivity contribution in [3.63, 3.8) is 0 Å². The molecule has 1 heterocycles. The van der Waals surface area contributed by atoms with Gasteiger partial charge in [0.2, 0.25) is 5.91 Å². The molecule has 0 N–H and O–H groups in total. The minimum atomic E-state index is -0.173. The second kappa shape index (κ2) is 9.75. The van der Waals surface area contributed by atoms with Gasteiger partial charge < -0.3 is 14.2 Å². The maximum absolute atomic E-state index is 13.6. The fourth-order valence-corrected chi connectivity index (χ4v) is 4.07. The Bertz CT molecular complexity index is 1070. The van der Waals surface area contributed by atoms with Crippen molar-refractivity contribution in [1.29, 1.82) is 0 Å². The van der Waals surface area contributed by atoms with Crippen LogP contribution in [0, 0.1) is 0 Å². The summed E-state index contributed by atoms with van der Waals surface area (Å²) in [5.41, 5.74) is 2.90. The van der Waals surface area contributed by atoms with Crippen LogP contribution in [0.25, 0.3) is 0 Å². The summed E-state index contributed by atoms with van der Waals surface area (Å²) in [6.45, 7) is 1.30. The van der Waals surface area contributed by atoms with Crippen molar-refractivity contribution < 1.29 is 19.0 Å². The van der Waals surface area contributed by atoms with Crippen LogP contribution in [0.15, 0.2) is 72.8 Å². The SMILES string of the molecule is COc1ccc(CN(C)CC(=O)N2c3ccccc3OCC2c2ccccc2)cc1OC. The lowest BCUT2D eigenvalue weighted by molar-refractivity contribution is -0.120. The van der Waals surface area contributed by atoms with E-state index in [-0.39, 0.29) is 18.5 Å². The van der Waals surface area contributed by atoms with E-state index in [1.54, 1.807) is 14.2 Å². The number of carbonyl (C=O) groups excluding carboxylic acids is 1. The monoisotopic (exact) mass is 432 g/mol. The van der Waals surface area contributed by atoms with Crippen LogP contribution < -0.4 is 19.1 Å². The second-order valence-corrected chi connectivity index (χ2v) is 7.83. The Kier molecular flexibility index (Phi) is 6.61. The van der Waals surface area contributed by atoms with Gasteiger partial charge in [-0.2, -0.15) is 0 Å². The number of carbonyl (C=O) groups is 1. The van der Waals surface area contributed by atoms with Gasteiger partial charge in [-0.3, -0.25) is 14.6 Å². The molecule has 6 nitrogen and oxygen atoms in total. The zero-order chi connectivity index (χ0) is 22.5. The first-order valence-electron chi connectivity index (χ1n) is 10.6. The average molecular weight is 433 g/mol. The normalized spacial score (nSPS) is 15.1. The number of likely N-dealkylation sites (N-methyl/N-ethyl adjacent to an activating group) is 1. The van der Waals surface area contributed by atoms with Crippen LogP contribution in [0.4, 0.5) is 5.69 Å².